The van der Waals surface area contributed by atoms with E-state index in [9.17, 15) is 0 Å². The van der Waals surface area contributed by atoms with E-state index in [0.29, 0.717) is 5.92 Å². The molecule has 1 fully saturated rings. The molecule has 1 saturated heterocycles. The van der Waals surface area contributed by atoms with Gasteiger partial charge in [0.25, 0.3) is 0 Å². The van der Waals surface area contributed by atoms with Crippen LogP contribution in [0.1, 0.15) is 48.5 Å². The van der Waals surface area contributed by atoms with Gasteiger partial charge in [0.2, 0.25) is 0 Å². The lowest BCUT2D eigenvalue weighted by Gasteiger charge is -2.53. The van der Waals surface area contributed by atoms with Crippen molar-refractivity contribution in [2.75, 3.05) is 0 Å². The second kappa shape index (κ2) is 2.71. The fraction of sp³-hybridized carbons (Fsp3) is 1.00. The number of hydrogen-bond donors (Lipinski definition) is 0. The third-order valence-electron chi connectivity index (χ3n) is 3.10. The van der Waals surface area contributed by atoms with Crippen molar-refractivity contribution < 1.29 is 9.47 Å². The van der Waals surface area contributed by atoms with Gasteiger partial charge in [-0.2, -0.15) is 0 Å². The van der Waals surface area contributed by atoms with Gasteiger partial charge >= 0.3 is 0 Å². The summed E-state index contributed by atoms with van der Waals surface area (Å²) in [5.41, 5.74) is -0.240. The molecule has 2 heteroatoms. The molecule has 0 spiro atoms. The summed E-state index contributed by atoms with van der Waals surface area (Å²) < 4.78 is 11.8. The van der Waals surface area contributed by atoms with Crippen LogP contribution in [0.5, 0.6) is 0 Å². The van der Waals surface area contributed by atoms with E-state index in [2.05, 4.69) is 34.6 Å². The van der Waals surface area contributed by atoms with Crippen LogP contribution in [0.15, 0.2) is 0 Å². The maximum absolute atomic E-state index is 5.89. The smallest absolute Gasteiger partial charge is 0.164 e. The Morgan fingerprint density at radius 2 is 1.08 bits per heavy atom. The second-order valence-corrected chi connectivity index (χ2v) is 5.53. The molecule has 0 aliphatic carbocycles. The minimum absolute atomic E-state index is 0.120. The van der Waals surface area contributed by atoms with E-state index in [1.807, 2.05) is 13.8 Å². The van der Waals surface area contributed by atoms with Crippen LogP contribution in [-0.2, 0) is 9.47 Å². The molecule has 1 heterocycles. The molecule has 0 atom stereocenters. The first-order chi connectivity index (χ1) is 5.57. The third-order valence-corrected chi connectivity index (χ3v) is 3.10. The number of ether oxygens (including phenoxy) is 2. The van der Waals surface area contributed by atoms with Gasteiger partial charge in [0.1, 0.15) is 0 Å². The standard InChI is InChI=1S/C11H22O2/c1-8-9(2,3)12-11(6,7)13-10(8,4)5/h8H,1-7H3. The van der Waals surface area contributed by atoms with Gasteiger partial charge < -0.3 is 9.47 Å². The van der Waals surface area contributed by atoms with E-state index in [-0.39, 0.29) is 11.2 Å². The minimum atomic E-state index is -0.473. The molecule has 0 N–H and O–H groups in total. The predicted molar refractivity (Wildman–Crippen MR) is 53.6 cm³/mol. The summed E-state index contributed by atoms with van der Waals surface area (Å²) in [7, 11) is 0. The summed E-state index contributed by atoms with van der Waals surface area (Å²) >= 11 is 0. The molecule has 0 aromatic rings. The van der Waals surface area contributed by atoms with E-state index in [1.54, 1.807) is 0 Å². The normalized spacial score (nSPS) is 31.6. The SMILES string of the molecule is CC1C(C)(C)OC(C)(C)OC1(C)C. The van der Waals surface area contributed by atoms with Crippen LogP contribution in [0.4, 0.5) is 0 Å². The molecule has 0 saturated carbocycles. The summed E-state index contributed by atoms with van der Waals surface area (Å²) in [5.74, 6) is -0.0903. The highest BCUT2D eigenvalue weighted by molar-refractivity contribution is 4.94. The van der Waals surface area contributed by atoms with Crippen LogP contribution < -0.4 is 0 Å². The van der Waals surface area contributed by atoms with Gasteiger partial charge in [-0.05, 0) is 41.5 Å². The van der Waals surface area contributed by atoms with E-state index < -0.39 is 5.79 Å². The van der Waals surface area contributed by atoms with Gasteiger partial charge in [-0.25, -0.2) is 0 Å². The fourth-order valence-electron chi connectivity index (χ4n) is 2.30. The quantitative estimate of drug-likeness (QED) is 0.579. The summed E-state index contributed by atoms with van der Waals surface area (Å²) in [6.45, 7) is 14.6. The highest BCUT2D eigenvalue weighted by Crippen LogP contribution is 2.43. The average Bonchev–Trinajstić information content (AvgIpc) is 1.77. The molecule has 0 aromatic heterocycles. The van der Waals surface area contributed by atoms with E-state index >= 15 is 0 Å². The van der Waals surface area contributed by atoms with Gasteiger partial charge in [-0.1, -0.05) is 6.92 Å². The molecule has 0 bridgehead atoms. The van der Waals surface area contributed by atoms with E-state index in [0.717, 1.165) is 0 Å². The van der Waals surface area contributed by atoms with Crippen molar-refractivity contribution in [1.29, 1.82) is 0 Å². The number of rotatable bonds is 0. The van der Waals surface area contributed by atoms with Gasteiger partial charge in [0.05, 0.1) is 11.2 Å². The van der Waals surface area contributed by atoms with Gasteiger partial charge in [-0.3, -0.25) is 0 Å². The topological polar surface area (TPSA) is 18.5 Å². The van der Waals surface area contributed by atoms with Crippen LogP contribution in [0, 0.1) is 5.92 Å². The third kappa shape index (κ3) is 2.05. The summed E-state index contributed by atoms with van der Waals surface area (Å²) in [4.78, 5) is 0. The van der Waals surface area contributed by atoms with E-state index in [1.165, 1.54) is 0 Å². The first-order valence-electron chi connectivity index (χ1n) is 4.97. The zero-order chi connectivity index (χ0) is 10.5. The summed E-state index contributed by atoms with van der Waals surface area (Å²) in [6, 6.07) is 0. The highest BCUT2D eigenvalue weighted by atomic mass is 16.7. The maximum atomic E-state index is 5.89. The van der Waals surface area contributed by atoms with Crippen molar-refractivity contribution in [1.82, 2.24) is 0 Å². The molecule has 1 aliphatic rings. The zero-order valence-corrected chi connectivity index (χ0v) is 9.89. The molecule has 1 rings (SSSR count). The Bertz CT molecular complexity index is 184. The van der Waals surface area contributed by atoms with Crippen LogP contribution in [0.3, 0.4) is 0 Å². The Hall–Kier alpha value is -0.0800. The average molecular weight is 186 g/mol. The predicted octanol–water partition coefficient (Wildman–Crippen LogP) is 2.96. The Kier molecular flexibility index (Phi) is 2.29. The lowest BCUT2D eigenvalue weighted by atomic mass is 9.78. The van der Waals surface area contributed by atoms with Crippen molar-refractivity contribution in [3.05, 3.63) is 0 Å². The van der Waals surface area contributed by atoms with Gasteiger partial charge in [0.15, 0.2) is 5.79 Å². The van der Waals surface area contributed by atoms with Crippen molar-refractivity contribution in [2.45, 2.75) is 65.5 Å². The molecule has 2 nitrogen and oxygen atoms in total. The van der Waals surface area contributed by atoms with E-state index in [4.69, 9.17) is 9.47 Å². The summed E-state index contributed by atoms with van der Waals surface area (Å²) in [6.07, 6.45) is 0. The lowest BCUT2D eigenvalue weighted by molar-refractivity contribution is -0.371. The molecule has 0 amide bonds. The second-order valence-electron chi connectivity index (χ2n) is 5.53. The molecule has 0 aromatic carbocycles. The molecule has 13 heavy (non-hydrogen) atoms. The highest BCUT2D eigenvalue weighted by Gasteiger charge is 2.49. The van der Waals surface area contributed by atoms with Crippen LogP contribution in [0.2, 0.25) is 0 Å². The first kappa shape index (κ1) is 11.0. The fourth-order valence-corrected chi connectivity index (χ4v) is 2.30. The van der Waals surface area contributed by atoms with Crippen molar-refractivity contribution >= 4 is 0 Å². The molecule has 78 valence electrons. The van der Waals surface area contributed by atoms with Crippen molar-refractivity contribution in [3.63, 3.8) is 0 Å². The molecule has 1 aliphatic heterocycles. The molecule has 0 radical (unpaired) electrons. The van der Waals surface area contributed by atoms with Gasteiger partial charge in [-0.15, -0.1) is 0 Å². The first-order valence-corrected chi connectivity index (χ1v) is 4.97. The summed E-state index contributed by atoms with van der Waals surface area (Å²) in [5, 5.41) is 0. The Labute approximate surface area is 81.6 Å². The Morgan fingerprint density at radius 3 is 1.38 bits per heavy atom. The zero-order valence-electron chi connectivity index (χ0n) is 9.89. The van der Waals surface area contributed by atoms with Crippen molar-refractivity contribution in [2.24, 2.45) is 5.92 Å². The molecular weight excluding hydrogens is 164 g/mol. The molecule has 0 unspecified atom stereocenters. The minimum Gasteiger partial charge on any atom is -0.344 e. The van der Waals surface area contributed by atoms with Crippen molar-refractivity contribution in [3.8, 4) is 0 Å². The molecular formula is C11H22O2. The monoisotopic (exact) mass is 186 g/mol. The largest absolute Gasteiger partial charge is 0.344 e. The Balaban J connectivity index is 2.96. The van der Waals surface area contributed by atoms with Crippen LogP contribution in [-0.4, -0.2) is 17.0 Å². The van der Waals surface area contributed by atoms with Crippen LogP contribution in [0.25, 0.3) is 0 Å². The lowest BCUT2D eigenvalue weighted by Crippen LogP contribution is -2.59. The van der Waals surface area contributed by atoms with Crippen LogP contribution >= 0.6 is 0 Å². The van der Waals surface area contributed by atoms with Gasteiger partial charge in [0, 0.05) is 5.92 Å². The Morgan fingerprint density at radius 1 is 0.769 bits per heavy atom. The number of hydrogen-bond acceptors (Lipinski definition) is 2. The maximum Gasteiger partial charge on any atom is 0.164 e.